The van der Waals surface area contributed by atoms with E-state index in [0.29, 0.717) is 5.56 Å². The van der Waals surface area contributed by atoms with Gasteiger partial charge in [-0.3, -0.25) is 14.6 Å². The molecule has 1 unspecified atom stereocenters. The Morgan fingerprint density at radius 2 is 1.88 bits per heavy atom. The molecule has 32 heavy (non-hydrogen) atoms. The van der Waals surface area contributed by atoms with E-state index < -0.39 is 40.6 Å². The average molecular weight is 454 g/mol. The van der Waals surface area contributed by atoms with Crippen LogP contribution in [0.15, 0.2) is 66.9 Å². The molecule has 0 amide bonds. The fourth-order valence-electron chi connectivity index (χ4n) is 4.95. The molecule has 3 aromatic rings. The second-order valence-electron chi connectivity index (χ2n) is 7.83. The van der Waals surface area contributed by atoms with Gasteiger partial charge in [0.25, 0.3) is 0 Å². The fourth-order valence-corrected chi connectivity index (χ4v) is 5.10. The molecule has 2 aromatic carbocycles. The molecule has 2 bridgehead atoms. The molecule has 1 aromatic heterocycles. The molecular formula is C24H17ClFNO5. The van der Waals surface area contributed by atoms with Crippen molar-refractivity contribution in [2.24, 2.45) is 5.92 Å². The monoisotopic (exact) mass is 453 g/mol. The summed E-state index contributed by atoms with van der Waals surface area (Å²) in [5.41, 5.74) is -3.45. The topological polar surface area (TPSA) is 85.7 Å². The molecule has 0 radical (unpaired) electrons. The number of carbonyl (C=O) groups excluding carboxylic acids is 2. The van der Waals surface area contributed by atoms with Crippen molar-refractivity contribution in [2.75, 3.05) is 7.11 Å². The summed E-state index contributed by atoms with van der Waals surface area (Å²) < 4.78 is 25.1. The highest BCUT2D eigenvalue weighted by Gasteiger charge is 2.77. The van der Waals surface area contributed by atoms with E-state index in [2.05, 4.69) is 4.98 Å². The molecule has 4 atom stereocenters. The van der Waals surface area contributed by atoms with Crippen molar-refractivity contribution in [3.05, 3.63) is 94.5 Å². The third-order valence-electron chi connectivity index (χ3n) is 6.24. The third-order valence-corrected chi connectivity index (χ3v) is 6.45. The van der Waals surface area contributed by atoms with Gasteiger partial charge in [0.1, 0.15) is 23.2 Å². The first-order chi connectivity index (χ1) is 15.3. The fraction of sp³-hybridized carbons (Fsp3) is 0.208. The Hall–Kier alpha value is -3.29. The summed E-state index contributed by atoms with van der Waals surface area (Å²) in [6.45, 7) is 0. The highest BCUT2D eigenvalue weighted by atomic mass is 35.5. The Labute approximate surface area is 187 Å². The summed E-state index contributed by atoms with van der Waals surface area (Å²) in [6, 6.07) is 15.4. The third kappa shape index (κ3) is 2.58. The van der Waals surface area contributed by atoms with Crippen LogP contribution in [0.25, 0.3) is 0 Å². The van der Waals surface area contributed by atoms with Crippen LogP contribution in [0.3, 0.4) is 0 Å². The zero-order chi connectivity index (χ0) is 22.7. The minimum Gasteiger partial charge on any atom is -0.472 e. The van der Waals surface area contributed by atoms with Gasteiger partial charge < -0.3 is 14.6 Å². The number of nitrogens with zero attached hydrogens (tertiary/aromatic N) is 1. The highest BCUT2D eigenvalue weighted by molar-refractivity contribution is 6.30. The van der Waals surface area contributed by atoms with E-state index in [0.717, 1.165) is 0 Å². The number of rotatable bonds is 3. The number of aromatic nitrogens is 1. The standard InChI is InChI=1S/C24H17ClFNO5/c1-31-21(28)19-18(13-5-3-2-4-6-13)24(14-7-9-16(26)10-8-14)22(29)23(19,30)20-17(32-24)11-15(25)12-27-20/h2-12,18-19,30H,1H3/t18-,19-,23-,24?/m1/s1. The van der Waals surface area contributed by atoms with Gasteiger partial charge in [-0.2, -0.15) is 0 Å². The van der Waals surface area contributed by atoms with Crippen LogP contribution in [0.1, 0.15) is 22.7 Å². The van der Waals surface area contributed by atoms with Crippen molar-refractivity contribution in [2.45, 2.75) is 17.1 Å². The number of hydrogen-bond donors (Lipinski definition) is 1. The number of Topliss-reactive ketones (excluding diaryl/α,β-unsaturated/α-hetero) is 1. The van der Waals surface area contributed by atoms with Crippen LogP contribution in [-0.4, -0.2) is 29.0 Å². The van der Waals surface area contributed by atoms with Crippen LogP contribution >= 0.6 is 11.6 Å². The van der Waals surface area contributed by atoms with Crippen LogP contribution in [0, 0.1) is 11.7 Å². The maximum atomic E-state index is 14.0. The summed E-state index contributed by atoms with van der Waals surface area (Å²) in [7, 11) is 1.18. The Kier molecular flexibility index (Phi) is 4.58. The number of halogens is 2. The zero-order valence-electron chi connectivity index (χ0n) is 16.8. The SMILES string of the molecule is COC(=O)[C@H]1[C@@H](c2ccccc2)C2(c3ccc(F)cc3)Oc3cc(Cl)cnc3[C@@]1(O)C2=O. The van der Waals surface area contributed by atoms with E-state index in [1.54, 1.807) is 30.3 Å². The van der Waals surface area contributed by atoms with E-state index in [1.165, 1.54) is 43.6 Å². The lowest BCUT2D eigenvalue weighted by atomic mass is 9.75. The van der Waals surface area contributed by atoms with Crippen molar-refractivity contribution in [3.63, 3.8) is 0 Å². The van der Waals surface area contributed by atoms with E-state index in [9.17, 15) is 19.1 Å². The van der Waals surface area contributed by atoms with E-state index in [4.69, 9.17) is 21.1 Å². The van der Waals surface area contributed by atoms with Gasteiger partial charge in [-0.05, 0) is 17.7 Å². The molecule has 1 aliphatic carbocycles. The largest absolute Gasteiger partial charge is 0.472 e. The second kappa shape index (κ2) is 7.12. The quantitative estimate of drug-likeness (QED) is 0.611. The number of aliphatic hydroxyl groups is 1. The lowest BCUT2D eigenvalue weighted by Crippen LogP contribution is -2.51. The van der Waals surface area contributed by atoms with Crippen molar-refractivity contribution < 1.29 is 28.6 Å². The van der Waals surface area contributed by atoms with Crippen LogP contribution in [0.4, 0.5) is 4.39 Å². The number of hydrogen-bond acceptors (Lipinski definition) is 6. The maximum absolute atomic E-state index is 14.0. The summed E-state index contributed by atoms with van der Waals surface area (Å²) in [5, 5.41) is 12.1. The van der Waals surface area contributed by atoms with Gasteiger partial charge in [0, 0.05) is 17.8 Å². The lowest BCUT2D eigenvalue weighted by Gasteiger charge is -2.38. The lowest BCUT2D eigenvalue weighted by molar-refractivity contribution is -0.163. The summed E-state index contributed by atoms with van der Waals surface area (Å²) in [6.07, 6.45) is 1.27. The predicted molar refractivity (Wildman–Crippen MR) is 112 cm³/mol. The van der Waals surface area contributed by atoms with Crippen molar-refractivity contribution >= 4 is 23.4 Å². The molecule has 1 N–H and O–H groups in total. The van der Waals surface area contributed by atoms with E-state index in [-0.39, 0.29) is 22.0 Å². The average Bonchev–Trinajstić information content (AvgIpc) is 2.93. The van der Waals surface area contributed by atoms with Crippen LogP contribution in [-0.2, 0) is 25.5 Å². The van der Waals surface area contributed by atoms with Gasteiger partial charge in [-0.1, -0.05) is 54.1 Å². The number of benzene rings is 2. The minimum absolute atomic E-state index is 0.0660. The van der Waals surface area contributed by atoms with Crippen LogP contribution < -0.4 is 4.74 Å². The molecule has 6 nitrogen and oxygen atoms in total. The van der Waals surface area contributed by atoms with Gasteiger partial charge in [-0.15, -0.1) is 0 Å². The normalized spacial score (nSPS) is 28.1. The first-order valence-electron chi connectivity index (χ1n) is 9.85. The van der Waals surface area contributed by atoms with Crippen molar-refractivity contribution in [1.29, 1.82) is 0 Å². The number of pyridine rings is 1. The number of methoxy groups -OCH3 is 1. The van der Waals surface area contributed by atoms with Gasteiger partial charge >= 0.3 is 5.97 Å². The maximum Gasteiger partial charge on any atom is 0.313 e. The molecule has 1 aliphatic heterocycles. The summed E-state index contributed by atoms with van der Waals surface area (Å²) >= 11 is 6.12. The van der Waals surface area contributed by atoms with Crippen molar-refractivity contribution in [3.8, 4) is 5.75 Å². The number of ketones is 1. The zero-order valence-corrected chi connectivity index (χ0v) is 17.5. The minimum atomic E-state index is -2.35. The Bertz CT molecular complexity index is 1230. The van der Waals surface area contributed by atoms with Gasteiger partial charge in [-0.25, -0.2) is 4.39 Å². The van der Waals surface area contributed by atoms with Crippen LogP contribution in [0.2, 0.25) is 5.02 Å². The first kappa shape index (κ1) is 20.6. The number of esters is 1. The van der Waals surface area contributed by atoms with Crippen molar-refractivity contribution in [1.82, 2.24) is 4.98 Å². The molecule has 1 saturated carbocycles. The molecule has 162 valence electrons. The molecule has 8 heteroatoms. The second-order valence-corrected chi connectivity index (χ2v) is 8.27. The molecule has 2 aliphatic rings. The highest BCUT2D eigenvalue weighted by Crippen LogP contribution is 2.64. The molecular weight excluding hydrogens is 437 g/mol. The van der Waals surface area contributed by atoms with Gasteiger partial charge in [0.05, 0.1) is 18.1 Å². The van der Waals surface area contributed by atoms with Crippen LogP contribution in [0.5, 0.6) is 5.75 Å². The Morgan fingerprint density at radius 1 is 1.19 bits per heavy atom. The van der Waals surface area contributed by atoms with E-state index in [1.807, 2.05) is 0 Å². The molecule has 2 heterocycles. The molecule has 0 saturated heterocycles. The summed E-state index contributed by atoms with van der Waals surface area (Å²) in [5.74, 6) is -4.38. The first-order valence-corrected chi connectivity index (χ1v) is 10.2. The number of ether oxygens (including phenoxy) is 2. The predicted octanol–water partition coefficient (Wildman–Crippen LogP) is 3.51. The number of fused-ring (bicyclic) bond motifs is 4. The molecule has 0 spiro atoms. The van der Waals surface area contributed by atoms with Gasteiger partial charge in [0.2, 0.25) is 11.4 Å². The Balaban J connectivity index is 1.89. The molecule has 1 fully saturated rings. The van der Waals surface area contributed by atoms with Gasteiger partial charge in [0.15, 0.2) is 5.60 Å². The molecule has 5 rings (SSSR count). The van der Waals surface area contributed by atoms with E-state index >= 15 is 0 Å². The Morgan fingerprint density at radius 3 is 2.53 bits per heavy atom. The summed E-state index contributed by atoms with van der Waals surface area (Å²) in [4.78, 5) is 31.3. The smallest absolute Gasteiger partial charge is 0.313 e. The number of carbonyl (C=O) groups is 2.